The molecule has 0 unspecified atom stereocenters. The highest BCUT2D eigenvalue weighted by Gasteiger charge is 2.14. The maximum atomic E-state index is 11.3. The van der Waals surface area contributed by atoms with Crippen LogP contribution in [0, 0.1) is 0 Å². The summed E-state index contributed by atoms with van der Waals surface area (Å²) in [5.41, 5.74) is 2.01. The molecule has 0 N–H and O–H groups in total. The minimum Gasteiger partial charge on any atom is -0.497 e. The molecule has 2 rings (SSSR count). The van der Waals surface area contributed by atoms with Crippen LogP contribution in [0.5, 0.6) is 5.75 Å². The quantitative estimate of drug-likeness (QED) is 0.818. The number of benzene rings is 1. The Morgan fingerprint density at radius 2 is 1.94 bits per heavy atom. The lowest BCUT2D eigenvalue weighted by molar-refractivity contribution is -0.130. The summed E-state index contributed by atoms with van der Waals surface area (Å²) < 4.78 is 5.10. The highest BCUT2D eigenvalue weighted by Crippen LogP contribution is 2.13. The van der Waals surface area contributed by atoms with Gasteiger partial charge in [-0.25, -0.2) is 5.01 Å². The van der Waals surface area contributed by atoms with Gasteiger partial charge in [0.2, 0.25) is 5.91 Å². The molecule has 1 heterocycles. The van der Waals surface area contributed by atoms with E-state index in [0.29, 0.717) is 12.8 Å². The van der Waals surface area contributed by atoms with Gasteiger partial charge in [0.05, 0.1) is 12.8 Å². The number of hydrogen-bond acceptors (Lipinski definition) is 3. The molecule has 4 heteroatoms. The molecular formula is C14H16N2O2. The largest absolute Gasteiger partial charge is 0.497 e. The molecule has 94 valence electrons. The van der Waals surface area contributed by atoms with Crippen molar-refractivity contribution < 1.29 is 9.53 Å². The minimum atomic E-state index is 0.0663. The van der Waals surface area contributed by atoms with E-state index in [2.05, 4.69) is 5.10 Å². The van der Waals surface area contributed by atoms with Gasteiger partial charge >= 0.3 is 0 Å². The lowest BCUT2D eigenvalue weighted by Gasteiger charge is -2.17. The van der Waals surface area contributed by atoms with E-state index in [1.807, 2.05) is 36.4 Å². The van der Waals surface area contributed by atoms with Crippen LogP contribution in [-0.4, -0.2) is 30.8 Å². The van der Waals surface area contributed by atoms with Crippen molar-refractivity contribution in [1.82, 2.24) is 5.01 Å². The molecule has 1 amide bonds. The third-order valence-electron chi connectivity index (χ3n) is 2.82. The van der Waals surface area contributed by atoms with E-state index in [9.17, 15) is 4.79 Å². The Morgan fingerprint density at radius 1 is 1.22 bits per heavy atom. The van der Waals surface area contributed by atoms with Gasteiger partial charge in [-0.2, -0.15) is 5.10 Å². The summed E-state index contributed by atoms with van der Waals surface area (Å²) in [6.45, 7) is 0. The van der Waals surface area contributed by atoms with E-state index in [-0.39, 0.29) is 5.91 Å². The van der Waals surface area contributed by atoms with Crippen molar-refractivity contribution in [2.75, 3.05) is 14.2 Å². The van der Waals surface area contributed by atoms with E-state index in [1.54, 1.807) is 14.2 Å². The van der Waals surface area contributed by atoms with Crippen molar-refractivity contribution in [3.63, 3.8) is 0 Å². The zero-order valence-corrected chi connectivity index (χ0v) is 10.6. The van der Waals surface area contributed by atoms with Gasteiger partial charge in [-0.05, 0) is 23.8 Å². The Kier molecular flexibility index (Phi) is 3.77. The fourth-order valence-corrected chi connectivity index (χ4v) is 1.72. The Bertz CT molecular complexity index is 489. The zero-order valence-electron chi connectivity index (χ0n) is 10.6. The van der Waals surface area contributed by atoms with Crippen LogP contribution in [0.4, 0.5) is 0 Å². The van der Waals surface area contributed by atoms with Gasteiger partial charge in [0.15, 0.2) is 0 Å². The van der Waals surface area contributed by atoms with Gasteiger partial charge in [0.1, 0.15) is 5.75 Å². The smallest absolute Gasteiger partial charge is 0.242 e. The first-order valence-corrected chi connectivity index (χ1v) is 5.85. The van der Waals surface area contributed by atoms with E-state index in [1.165, 1.54) is 5.01 Å². The van der Waals surface area contributed by atoms with Gasteiger partial charge in [-0.3, -0.25) is 4.79 Å². The van der Waals surface area contributed by atoms with Crippen LogP contribution in [0.2, 0.25) is 0 Å². The monoisotopic (exact) mass is 244 g/mol. The SMILES string of the molecule is COc1ccc(C=CC2=NN(C)C(=O)CC2)cc1. The number of carbonyl (C=O) groups excluding carboxylic acids is 1. The molecule has 1 aromatic carbocycles. The van der Waals surface area contributed by atoms with Crippen molar-refractivity contribution in [2.24, 2.45) is 5.10 Å². The molecule has 1 aliphatic rings. The second kappa shape index (κ2) is 5.49. The number of carbonyl (C=O) groups is 1. The Balaban J connectivity index is 2.06. The third kappa shape index (κ3) is 2.97. The maximum absolute atomic E-state index is 11.3. The number of ether oxygens (including phenoxy) is 1. The molecule has 0 aliphatic carbocycles. The van der Waals surface area contributed by atoms with Crippen molar-refractivity contribution >= 4 is 17.7 Å². The normalized spacial score (nSPS) is 16.0. The number of hydrazone groups is 1. The van der Waals surface area contributed by atoms with Crippen LogP contribution in [0.25, 0.3) is 6.08 Å². The molecule has 0 spiro atoms. The lowest BCUT2D eigenvalue weighted by atomic mass is 10.1. The fourth-order valence-electron chi connectivity index (χ4n) is 1.72. The molecule has 4 nitrogen and oxygen atoms in total. The molecule has 1 aliphatic heterocycles. The predicted octanol–water partition coefficient (Wildman–Crippen LogP) is 2.32. The van der Waals surface area contributed by atoms with Gasteiger partial charge < -0.3 is 4.74 Å². The van der Waals surface area contributed by atoms with E-state index >= 15 is 0 Å². The summed E-state index contributed by atoms with van der Waals surface area (Å²) in [5, 5.41) is 5.60. The summed E-state index contributed by atoms with van der Waals surface area (Å²) in [6.07, 6.45) is 5.17. The Labute approximate surface area is 107 Å². The van der Waals surface area contributed by atoms with Gasteiger partial charge in [0.25, 0.3) is 0 Å². The van der Waals surface area contributed by atoms with Crippen LogP contribution < -0.4 is 4.74 Å². The number of rotatable bonds is 3. The lowest BCUT2D eigenvalue weighted by Crippen LogP contribution is -2.27. The first-order chi connectivity index (χ1) is 8.69. The van der Waals surface area contributed by atoms with Crippen LogP contribution >= 0.6 is 0 Å². The first-order valence-electron chi connectivity index (χ1n) is 5.85. The highest BCUT2D eigenvalue weighted by molar-refractivity contribution is 6.02. The second-order valence-electron chi connectivity index (χ2n) is 4.12. The van der Waals surface area contributed by atoms with Gasteiger partial charge in [-0.1, -0.05) is 18.2 Å². The summed E-state index contributed by atoms with van der Waals surface area (Å²) in [6, 6.07) is 7.79. The average Bonchev–Trinajstić information content (AvgIpc) is 2.41. The molecule has 1 aromatic rings. The fraction of sp³-hybridized carbons (Fsp3) is 0.286. The predicted molar refractivity (Wildman–Crippen MR) is 71.5 cm³/mol. The van der Waals surface area contributed by atoms with Crippen molar-refractivity contribution in [1.29, 1.82) is 0 Å². The van der Waals surface area contributed by atoms with Gasteiger partial charge in [0, 0.05) is 19.9 Å². The molecule has 0 saturated carbocycles. The number of methoxy groups -OCH3 is 1. The molecule has 0 saturated heterocycles. The topological polar surface area (TPSA) is 41.9 Å². The maximum Gasteiger partial charge on any atom is 0.242 e. The molecule has 18 heavy (non-hydrogen) atoms. The molecular weight excluding hydrogens is 228 g/mol. The van der Waals surface area contributed by atoms with Crippen LogP contribution in [-0.2, 0) is 4.79 Å². The molecule has 0 aromatic heterocycles. The average molecular weight is 244 g/mol. The third-order valence-corrected chi connectivity index (χ3v) is 2.82. The molecule has 0 bridgehead atoms. The molecule has 0 radical (unpaired) electrons. The number of nitrogens with zero attached hydrogens (tertiary/aromatic N) is 2. The Morgan fingerprint density at radius 3 is 2.56 bits per heavy atom. The highest BCUT2D eigenvalue weighted by atomic mass is 16.5. The Hall–Kier alpha value is -2.10. The van der Waals surface area contributed by atoms with E-state index in [0.717, 1.165) is 17.0 Å². The summed E-state index contributed by atoms with van der Waals surface area (Å²) >= 11 is 0. The van der Waals surface area contributed by atoms with Crippen LogP contribution in [0.1, 0.15) is 18.4 Å². The summed E-state index contributed by atoms with van der Waals surface area (Å²) in [5.74, 6) is 0.907. The van der Waals surface area contributed by atoms with Crippen LogP contribution in [0.3, 0.4) is 0 Å². The molecule has 0 atom stereocenters. The standard InChI is InChI=1S/C14H16N2O2/c1-16-14(17)10-7-12(15-16)6-3-11-4-8-13(18-2)9-5-11/h3-6,8-9H,7,10H2,1-2H3. The van der Waals surface area contributed by atoms with Gasteiger partial charge in [-0.15, -0.1) is 0 Å². The summed E-state index contributed by atoms with van der Waals surface area (Å²) in [7, 11) is 3.33. The van der Waals surface area contributed by atoms with E-state index < -0.39 is 0 Å². The van der Waals surface area contributed by atoms with Crippen molar-refractivity contribution in [2.45, 2.75) is 12.8 Å². The zero-order chi connectivity index (χ0) is 13.0. The van der Waals surface area contributed by atoms with Crippen LogP contribution in [0.15, 0.2) is 35.4 Å². The van der Waals surface area contributed by atoms with E-state index in [4.69, 9.17) is 4.74 Å². The van der Waals surface area contributed by atoms with Crippen molar-refractivity contribution in [3.8, 4) is 5.75 Å². The van der Waals surface area contributed by atoms with Crippen molar-refractivity contribution in [3.05, 3.63) is 35.9 Å². The number of allylic oxidation sites excluding steroid dienone is 1. The minimum absolute atomic E-state index is 0.0663. The number of amides is 1. The molecule has 0 fully saturated rings. The first kappa shape index (κ1) is 12.4. The number of hydrogen-bond donors (Lipinski definition) is 0. The summed E-state index contributed by atoms with van der Waals surface area (Å²) in [4.78, 5) is 11.3. The second-order valence-corrected chi connectivity index (χ2v) is 4.12.